The second-order valence-corrected chi connectivity index (χ2v) is 14.8. The van der Waals surface area contributed by atoms with Gasteiger partial charge in [-0.05, 0) is 95.5 Å². The second kappa shape index (κ2) is 12.1. The third-order valence-corrected chi connectivity index (χ3v) is 10.1. The van der Waals surface area contributed by atoms with Gasteiger partial charge in [0, 0.05) is 54.3 Å². The highest BCUT2D eigenvalue weighted by Gasteiger charge is 2.34. The maximum absolute atomic E-state index is 13.2. The van der Waals surface area contributed by atoms with Crippen molar-refractivity contribution in [1.82, 2.24) is 19.7 Å². The first-order valence-electron chi connectivity index (χ1n) is 15.6. The van der Waals surface area contributed by atoms with Gasteiger partial charge in [-0.25, -0.2) is 4.98 Å². The average Bonchev–Trinajstić information content (AvgIpc) is 3.58. The van der Waals surface area contributed by atoms with E-state index in [1.807, 2.05) is 63.0 Å². The number of aromatic nitrogens is 3. The lowest BCUT2D eigenvalue weighted by Gasteiger charge is -2.43. The number of hydrogen-bond donors (Lipinski definition) is 0. The van der Waals surface area contributed by atoms with Gasteiger partial charge < -0.3 is 9.64 Å². The molecule has 1 unspecified atom stereocenters. The van der Waals surface area contributed by atoms with Gasteiger partial charge in [0.05, 0.1) is 33.6 Å². The molecular weight excluding hydrogens is 602 g/mol. The zero-order chi connectivity index (χ0) is 32.2. The molecule has 0 N–H and O–H groups in total. The van der Waals surface area contributed by atoms with E-state index < -0.39 is 11.7 Å². The molecule has 1 aliphatic heterocycles. The van der Waals surface area contributed by atoms with Crippen LogP contribution in [0.15, 0.2) is 54.7 Å². The first-order valence-corrected chi connectivity index (χ1v) is 16.8. The summed E-state index contributed by atoms with van der Waals surface area (Å²) in [5.74, 6) is -0.0226. The minimum atomic E-state index is -0.702. The van der Waals surface area contributed by atoms with Crippen molar-refractivity contribution in [2.75, 3.05) is 24.5 Å². The Morgan fingerprint density at radius 3 is 2.49 bits per heavy atom. The summed E-state index contributed by atoms with van der Waals surface area (Å²) >= 11 is 8.02. The lowest BCUT2D eigenvalue weighted by Crippen LogP contribution is -2.50. The molecule has 1 aliphatic rings. The lowest BCUT2D eigenvalue weighted by molar-refractivity contribution is -0.138. The fourth-order valence-corrected chi connectivity index (χ4v) is 7.84. The first-order chi connectivity index (χ1) is 21.3. The van der Waals surface area contributed by atoms with Crippen LogP contribution in [0.5, 0.6) is 0 Å². The Morgan fingerprint density at radius 1 is 1.09 bits per heavy atom. The number of Topliss-reactive ketones (excluding diaryl/α,β-unsaturated/α-hetero) is 1. The normalized spacial score (nSPS) is 17.1. The van der Waals surface area contributed by atoms with Gasteiger partial charge in [0.15, 0.2) is 10.9 Å². The zero-order valence-corrected chi connectivity index (χ0v) is 29.0. The molecule has 236 valence electrons. The summed E-state index contributed by atoms with van der Waals surface area (Å²) in [5.41, 5.74) is 6.73. The summed E-state index contributed by atoms with van der Waals surface area (Å²) in [4.78, 5) is 23.4. The van der Waals surface area contributed by atoms with E-state index >= 15 is 0 Å². The predicted molar refractivity (Wildman–Crippen MR) is 187 cm³/mol. The van der Waals surface area contributed by atoms with Gasteiger partial charge in [0.25, 0.3) is 0 Å². The highest BCUT2D eigenvalue weighted by molar-refractivity contribution is 7.22. The third kappa shape index (κ3) is 6.26. The number of benzene rings is 3. The summed E-state index contributed by atoms with van der Waals surface area (Å²) < 4.78 is 9.41. The Labute approximate surface area is 274 Å². The van der Waals surface area contributed by atoms with Gasteiger partial charge in [-0.3, -0.25) is 14.4 Å². The molecule has 0 spiro atoms. The van der Waals surface area contributed by atoms with Crippen LogP contribution in [0, 0.1) is 6.92 Å². The van der Waals surface area contributed by atoms with E-state index in [0.717, 1.165) is 68.1 Å². The van der Waals surface area contributed by atoms with Crippen molar-refractivity contribution in [3.63, 3.8) is 0 Å². The van der Waals surface area contributed by atoms with E-state index in [9.17, 15) is 4.79 Å². The monoisotopic (exact) mass is 643 g/mol. The molecule has 0 aliphatic carbocycles. The minimum Gasteiger partial charge on any atom is -0.360 e. The molecule has 0 saturated carbocycles. The summed E-state index contributed by atoms with van der Waals surface area (Å²) in [6, 6.07) is 17.3. The van der Waals surface area contributed by atoms with E-state index in [1.54, 1.807) is 18.3 Å². The fraction of sp³-hybridized carbons (Fsp3) is 0.417. The predicted octanol–water partition coefficient (Wildman–Crippen LogP) is 8.53. The molecule has 3 heterocycles. The highest BCUT2D eigenvalue weighted by Crippen LogP contribution is 2.45. The average molecular weight is 644 g/mol. The number of rotatable bonds is 7. The van der Waals surface area contributed by atoms with E-state index in [-0.39, 0.29) is 11.8 Å². The molecule has 9 heteroatoms. The van der Waals surface area contributed by atoms with Crippen molar-refractivity contribution < 1.29 is 9.53 Å². The number of ether oxygens (including phenoxy) is 1. The van der Waals surface area contributed by atoms with Crippen LogP contribution >= 0.6 is 22.9 Å². The van der Waals surface area contributed by atoms with Gasteiger partial charge in [-0.15, -0.1) is 0 Å². The third-order valence-electron chi connectivity index (χ3n) is 8.66. The Kier molecular flexibility index (Phi) is 8.54. The molecule has 1 saturated heterocycles. The molecule has 0 amide bonds. The molecule has 6 rings (SSSR count). The van der Waals surface area contributed by atoms with Crippen molar-refractivity contribution in [1.29, 1.82) is 0 Å². The summed E-state index contributed by atoms with van der Waals surface area (Å²) in [7, 11) is 1.98. The van der Waals surface area contributed by atoms with Crippen molar-refractivity contribution in [2.24, 2.45) is 7.05 Å². The van der Waals surface area contributed by atoms with Gasteiger partial charge in [0.1, 0.15) is 6.10 Å². The molecule has 0 radical (unpaired) electrons. The van der Waals surface area contributed by atoms with Crippen molar-refractivity contribution in [3.8, 4) is 11.1 Å². The van der Waals surface area contributed by atoms with Gasteiger partial charge in [-0.2, -0.15) is 5.10 Å². The largest absolute Gasteiger partial charge is 0.360 e. The van der Waals surface area contributed by atoms with Crippen LogP contribution in [0.4, 0.5) is 5.13 Å². The number of nitrogens with zero attached hydrogens (tertiary/aromatic N) is 5. The number of thiazole rings is 1. The molecular formula is C36H42ClN5O2S. The number of piperazine rings is 1. The number of aryl methyl sites for hydroxylation is 2. The molecule has 5 aromatic rings. The zero-order valence-electron chi connectivity index (χ0n) is 27.4. The Bertz CT molecular complexity index is 1870. The number of hydrogen-bond acceptors (Lipinski definition) is 7. The van der Waals surface area contributed by atoms with Crippen LogP contribution in [0.3, 0.4) is 0 Å². The molecule has 7 nitrogen and oxygen atoms in total. The Hall–Kier alpha value is -3.30. The number of carbonyl (C=O) groups excluding carboxylic acids is 1. The summed E-state index contributed by atoms with van der Waals surface area (Å²) in [6.07, 6.45) is 1.25. The second-order valence-electron chi connectivity index (χ2n) is 13.4. The standard InChI is InChI=1S/C36H42ClN5O2S/c1-21(2)42-16-15-41(20-30(42)25-11-14-29-26(18-25)19-38-40(29)8)35-39-28-17-22(3)31(33(23(4)43)44-36(5,6)7)32(34(28)45-35)24-9-12-27(37)13-10-24/h9-14,17-19,21,30,33H,15-16,20H2,1-8H3/t30?,33-/m1/s1. The van der Waals surface area contributed by atoms with Crippen molar-refractivity contribution in [3.05, 3.63) is 76.4 Å². The smallest absolute Gasteiger partial charge is 0.186 e. The molecule has 2 aromatic heterocycles. The van der Waals surface area contributed by atoms with E-state index in [0.29, 0.717) is 11.1 Å². The minimum absolute atomic E-state index is 0.0226. The Morgan fingerprint density at radius 2 is 1.82 bits per heavy atom. The van der Waals surface area contributed by atoms with Crippen molar-refractivity contribution in [2.45, 2.75) is 72.3 Å². The van der Waals surface area contributed by atoms with Crippen LogP contribution in [0.25, 0.3) is 32.2 Å². The quantitative estimate of drug-likeness (QED) is 0.177. The SMILES string of the molecule is CC(=O)[C@@H](OC(C)(C)C)c1c(C)cc2nc(N3CCN(C(C)C)C(c4ccc5c(cnn5C)c4)C3)sc2c1-c1ccc(Cl)cc1. The molecule has 3 aromatic carbocycles. The number of fused-ring (bicyclic) bond motifs is 2. The van der Waals surface area contributed by atoms with E-state index in [1.165, 1.54) is 5.56 Å². The van der Waals surface area contributed by atoms with Crippen LogP contribution in [-0.2, 0) is 16.6 Å². The summed E-state index contributed by atoms with van der Waals surface area (Å²) in [6.45, 7) is 16.8. The number of ketones is 1. The maximum atomic E-state index is 13.2. The van der Waals surface area contributed by atoms with Gasteiger partial charge in [0.2, 0.25) is 0 Å². The molecule has 0 bridgehead atoms. The Balaban J connectivity index is 1.46. The molecule has 45 heavy (non-hydrogen) atoms. The molecule has 2 atom stereocenters. The fourth-order valence-electron chi connectivity index (χ4n) is 6.55. The van der Waals surface area contributed by atoms with Gasteiger partial charge >= 0.3 is 0 Å². The van der Waals surface area contributed by atoms with Crippen LogP contribution in [0.1, 0.15) is 70.4 Å². The van der Waals surface area contributed by atoms with Crippen LogP contribution in [0.2, 0.25) is 5.02 Å². The highest BCUT2D eigenvalue weighted by atomic mass is 35.5. The summed E-state index contributed by atoms with van der Waals surface area (Å²) in [5, 5.41) is 7.28. The van der Waals surface area contributed by atoms with Crippen molar-refractivity contribution >= 4 is 55.0 Å². The maximum Gasteiger partial charge on any atom is 0.186 e. The topological polar surface area (TPSA) is 63.5 Å². The van der Waals surface area contributed by atoms with E-state index in [2.05, 4.69) is 59.9 Å². The number of halogens is 1. The van der Waals surface area contributed by atoms with Crippen LogP contribution in [-0.4, -0.2) is 56.7 Å². The number of carbonyl (C=O) groups is 1. The first kappa shape index (κ1) is 31.7. The van der Waals surface area contributed by atoms with Crippen LogP contribution < -0.4 is 4.90 Å². The molecule has 1 fully saturated rings. The van der Waals surface area contributed by atoms with E-state index in [4.69, 9.17) is 21.3 Å². The lowest BCUT2D eigenvalue weighted by atomic mass is 9.90. The van der Waals surface area contributed by atoms with Gasteiger partial charge in [-0.1, -0.05) is 41.1 Å². The number of anilines is 1.